The minimum Gasteiger partial charge on any atom is -0.372 e. The number of rotatable bonds is 8. The molecule has 114 valence electrons. The van der Waals surface area contributed by atoms with Gasteiger partial charge in [-0.25, -0.2) is 0 Å². The second kappa shape index (κ2) is 7.96. The Labute approximate surface area is 127 Å². The van der Waals surface area contributed by atoms with E-state index in [1.54, 1.807) is 0 Å². The van der Waals surface area contributed by atoms with Gasteiger partial charge < -0.3 is 10.1 Å². The number of aromatic nitrogens is 2. The monoisotopic (exact) mass is 287 g/mol. The number of hydrogen-bond acceptors (Lipinski definition) is 3. The Bertz CT molecular complexity index is 524. The molecule has 1 aromatic carbocycles. The maximum absolute atomic E-state index is 6.06. The summed E-state index contributed by atoms with van der Waals surface area (Å²) in [7, 11) is 0. The van der Waals surface area contributed by atoms with Crippen molar-refractivity contribution in [1.29, 1.82) is 0 Å². The fraction of sp³-hybridized carbons (Fsp3) is 0.471. The first-order valence-corrected chi connectivity index (χ1v) is 7.73. The Hall–Kier alpha value is -1.65. The molecule has 4 heteroatoms. The quantitative estimate of drug-likeness (QED) is 0.809. The van der Waals surface area contributed by atoms with Crippen LogP contribution in [0.2, 0.25) is 0 Å². The highest BCUT2D eigenvalue weighted by Gasteiger charge is 2.27. The van der Waals surface area contributed by atoms with E-state index in [1.165, 1.54) is 11.3 Å². The average molecular weight is 287 g/mol. The fourth-order valence-corrected chi connectivity index (χ4v) is 2.67. The molecule has 4 nitrogen and oxygen atoms in total. The maximum Gasteiger partial charge on any atom is 0.103 e. The molecule has 21 heavy (non-hydrogen) atoms. The molecule has 2 unspecified atom stereocenters. The van der Waals surface area contributed by atoms with Crippen molar-refractivity contribution in [1.82, 2.24) is 15.1 Å². The summed E-state index contributed by atoms with van der Waals surface area (Å²) in [6.07, 6.45) is 1.84. The van der Waals surface area contributed by atoms with Crippen LogP contribution in [0.25, 0.3) is 0 Å². The Kier molecular flexibility index (Phi) is 5.96. The van der Waals surface area contributed by atoms with Gasteiger partial charge in [0.15, 0.2) is 0 Å². The maximum atomic E-state index is 6.06. The van der Waals surface area contributed by atoms with E-state index in [0.717, 1.165) is 13.1 Å². The largest absolute Gasteiger partial charge is 0.372 e. The highest BCUT2D eigenvalue weighted by Crippen LogP contribution is 2.32. The zero-order valence-electron chi connectivity index (χ0n) is 13.1. The van der Waals surface area contributed by atoms with Crippen LogP contribution in [0.15, 0.2) is 42.6 Å². The van der Waals surface area contributed by atoms with Crippen molar-refractivity contribution in [3.05, 3.63) is 53.9 Å². The van der Waals surface area contributed by atoms with Gasteiger partial charge in [0, 0.05) is 19.3 Å². The van der Waals surface area contributed by atoms with E-state index >= 15 is 0 Å². The third-order valence-electron chi connectivity index (χ3n) is 3.57. The lowest BCUT2D eigenvalue weighted by Crippen LogP contribution is -2.30. The topological polar surface area (TPSA) is 39.1 Å². The number of nitrogens with zero attached hydrogens (tertiary/aromatic N) is 2. The fourth-order valence-electron chi connectivity index (χ4n) is 2.67. The lowest BCUT2D eigenvalue weighted by atomic mass is 9.99. The summed E-state index contributed by atoms with van der Waals surface area (Å²) in [6, 6.07) is 12.6. The third-order valence-corrected chi connectivity index (χ3v) is 3.57. The SMILES string of the molecule is CCNC(c1ccnn1CC)C(OCC)c1ccccc1. The molecule has 0 fully saturated rings. The Morgan fingerprint density at radius 3 is 2.52 bits per heavy atom. The number of nitrogens with one attached hydrogen (secondary N) is 1. The first-order valence-electron chi connectivity index (χ1n) is 7.73. The summed E-state index contributed by atoms with van der Waals surface area (Å²) >= 11 is 0. The molecule has 0 aliphatic carbocycles. The van der Waals surface area contributed by atoms with Crippen molar-refractivity contribution < 1.29 is 4.74 Å². The van der Waals surface area contributed by atoms with Gasteiger partial charge in [0.1, 0.15) is 6.10 Å². The second-order valence-corrected chi connectivity index (χ2v) is 4.89. The molecule has 0 radical (unpaired) electrons. The van der Waals surface area contributed by atoms with Crippen LogP contribution >= 0.6 is 0 Å². The first kappa shape index (κ1) is 15.7. The first-order chi connectivity index (χ1) is 10.3. The number of ether oxygens (including phenoxy) is 1. The summed E-state index contributed by atoms with van der Waals surface area (Å²) in [6.45, 7) is 8.69. The molecular formula is C17H25N3O. The molecule has 2 rings (SSSR count). The van der Waals surface area contributed by atoms with E-state index in [0.29, 0.717) is 6.61 Å². The summed E-state index contributed by atoms with van der Waals surface area (Å²) in [5.74, 6) is 0. The minimum atomic E-state index is -0.0156. The summed E-state index contributed by atoms with van der Waals surface area (Å²) in [4.78, 5) is 0. The third kappa shape index (κ3) is 3.71. The molecule has 0 saturated carbocycles. The van der Waals surface area contributed by atoms with Crippen molar-refractivity contribution in [2.24, 2.45) is 0 Å². The van der Waals surface area contributed by atoms with E-state index in [-0.39, 0.29) is 12.1 Å². The Balaban J connectivity index is 2.37. The predicted molar refractivity (Wildman–Crippen MR) is 85.1 cm³/mol. The number of likely N-dealkylation sites (N-methyl/N-ethyl adjacent to an activating group) is 1. The van der Waals surface area contributed by atoms with Crippen molar-refractivity contribution in [3.8, 4) is 0 Å². The number of hydrogen-bond donors (Lipinski definition) is 1. The van der Waals surface area contributed by atoms with Gasteiger partial charge in [-0.05, 0) is 32.0 Å². The number of benzene rings is 1. The molecule has 1 aromatic heterocycles. The normalized spacial score (nSPS) is 14.0. The standard InChI is InChI=1S/C17H25N3O/c1-4-18-16(15-12-13-19-20(15)5-2)17(21-6-3)14-10-8-7-9-11-14/h7-13,16-18H,4-6H2,1-3H3. The van der Waals surface area contributed by atoms with Gasteiger partial charge in [-0.1, -0.05) is 37.3 Å². The van der Waals surface area contributed by atoms with Gasteiger partial charge in [-0.15, -0.1) is 0 Å². The van der Waals surface area contributed by atoms with Crippen molar-refractivity contribution in [2.75, 3.05) is 13.2 Å². The smallest absolute Gasteiger partial charge is 0.103 e. The van der Waals surface area contributed by atoms with Crippen molar-refractivity contribution >= 4 is 0 Å². The van der Waals surface area contributed by atoms with Gasteiger partial charge >= 0.3 is 0 Å². The van der Waals surface area contributed by atoms with E-state index in [1.807, 2.05) is 23.9 Å². The van der Waals surface area contributed by atoms with Crippen molar-refractivity contribution in [2.45, 2.75) is 39.5 Å². The average Bonchev–Trinajstić information content (AvgIpc) is 3.00. The summed E-state index contributed by atoms with van der Waals surface area (Å²) < 4.78 is 8.09. The predicted octanol–water partition coefficient (Wildman–Crippen LogP) is 3.33. The van der Waals surface area contributed by atoms with Crippen LogP contribution in [-0.4, -0.2) is 22.9 Å². The zero-order chi connectivity index (χ0) is 15.1. The Morgan fingerprint density at radius 1 is 1.14 bits per heavy atom. The Morgan fingerprint density at radius 2 is 1.90 bits per heavy atom. The van der Waals surface area contributed by atoms with E-state index < -0.39 is 0 Å². The number of aryl methyl sites for hydroxylation is 1. The van der Waals surface area contributed by atoms with Gasteiger partial charge in [-0.2, -0.15) is 5.10 Å². The molecule has 1 heterocycles. The molecule has 0 aliphatic heterocycles. The summed E-state index contributed by atoms with van der Waals surface area (Å²) in [5.41, 5.74) is 2.36. The van der Waals surface area contributed by atoms with Crippen LogP contribution in [0.4, 0.5) is 0 Å². The molecule has 0 aliphatic rings. The van der Waals surface area contributed by atoms with Gasteiger partial charge in [0.05, 0.1) is 11.7 Å². The van der Waals surface area contributed by atoms with Crippen LogP contribution in [0.3, 0.4) is 0 Å². The molecule has 2 atom stereocenters. The molecule has 1 N–H and O–H groups in total. The van der Waals surface area contributed by atoms with Crippen LogP contribution in [-0.2, 0) is 11.3 Å². The molecule has 2 aromatic rings. The van der Waals surface area contributed by atoms with Gasteiger partial charge in [0.25, 0.3) is 0 Å². The zero-order valence-corrected chi connectivity index (χ0v) is 13.1. The molecule has 0 saturated heterocycles. The summed E-state index contributed by atoms with van der Waals surface area (Å²) in [5, 5.41) is 7.95. The van der Waals surface area contributed by atoms with E-state index in [4.69, 9.17) is 4.74 Å². The molecule has 0 amide bonds. The van der Waals surface area contributed by atoms with Crippen LogP contribution < -0.4 is 5.32 Å². The lowest BCUT2D eigenvalue weighted by Gasteiger charge is -2.28. The van der Waals surface area contributed by atoms with E-state index in [2.05, 4.69) is 54.6 Å². The van der Waals surface area contributed by atoms with Crippen LogP contribution in [0.5, 0.6) is 0 Å². The highest BCUT2D eigenvalue weighted by atomic mass is 16.5. The van der Waals surface area contributed by atoms with Crippen LogP contribution in [0.1, 0.15) is 44.2 Å². The van der Waals surface area contributed by atoms with Gasteiger partial charge in [-0.3, -0.25) is 4.68 Å². The van der Waals surface area contributed by atoms with Crippen molar-refractivity contribution in [3.63, 3.8) is 0 Å². The van der Waals surface area contributed by atoms with E-state index in [9.17, 15) is 0 Å². The molecule has 0 spiro atoms. The second-order valence-electron chi connectivity index (χ2n) is 4.89. The molecular weight excluding hydrogens is 262 g/mol. The lowest BCUT2D eigenvalue weighted by molar-refractivity contribution is 0.0308. The van der Waals surface area contributed by atoms with Crippen LogP contribution in [0, 0.1) is 0 Å². The molecule has 0 bridgehead atoms. The highest BCUT2D eigenvalue weighted by molar-refractivity contribution is 5.23. The minimum absolute atomic E-state index is 0.0156. The van der Waals surface area contributed by atoms with Gasteiger partial charge in [0.2, 0.25) is 0 Å².